The SMILES string of the molecule is Cc1cn(N2CCCCC2)c(=O)[nH]c1=O. The maximum atomic E-state index is 11.6. The molecule has 1 aliphatic heterocycles. The molecule has 1 fully saturated rings. The van der Waals surface area contributed by atoms with Crippen LogP contribution in [0.4, 0.5) is 0 Å². The van der Waals surface area contributed by atoms with Crippen LogP contribution < -0.4 is 16.3 Å². The molecule has 82 valence electrons. The Morgan fingerprint density at radius 2 is 1.87 bits per heavy atom. The minimum absolute atomic E-state index is 0.298. The topological polar surface area (TPSA) is 58.1 Å². The molecule has 5 nitrogen and oxygen atoms in total. The summed E-state index contributed by atoms with van der Waals surface area (Å²) in [5.74, 6) is 0. The van der Waals surface area contributed by atoms with Crippen LogP contribution >= 0.6 is 0 Å². The lowest BCUT2D eigenvalue weighted by Crippen LogP contribution is -2.47. The number of nitrogens with zero attached hydrogens (tertiary/aromatic N) is 2. The largest absolute Gasteiger partial charge is 0.347 e. The van der Waals surface area contributed by atoms with Crippen LogP contribution in [0.3, 0.4) is 0 Å². The number of H-pyrrole nitrogens is 1. The summed E-state index contributed by atoms with van der Waals surface area (Å²) in [6.07, 6.45) is 5.04. The van der Waals surface area contributed by atoms with E-state index in [-0.39, 0.29) is 11.2 Å². The van der Waals surface area contributed by atoms with Gasteiger partial charge in [0.05, 0.1) is 0 Å². The Kier molecular flexibility index (Phi) is 2.62. The van der Waals surface area contributed by atoms with Crippen LogP contribution in [0.5, 0.6) is 0 Å². The van der Waals surface area contributed by atoms with Crippen molar-refractivity contribution in [3.05, 3.63) is 32.6 Å². The van der Waals surface area contributed by atoms with Crippen LogP contribution in [-0.2, 0) is 0 Å². The molecule has 0 bridgehead atoms. The van der Waals surface area contributed by atoms with Gasteiger partial charge >= 0.3 is 5.69 Å². The smallest absolute Gasteiger partial charge is 0.309 e. The normalized spacial score (nSPS) is 16.7. The van der Waals surface area contributed by atoms with E-state index in [1.807, 2.05) is 5.01 Å². The molecule has 0 unspecified atom stereocenters. The van der Waals surface area contributed by atoms with Gasteiger partial charge in [0.2, 0.25) is 0 Å². The summed E-state index contributed by atoms with van der Waals surface area (Å²) >= 11 is 0. The first-order valence-electron chi connectivity index (χ1n) is 5.26. The van der Waals surface area contributed by atoms with Crippen molar-refractivity contribution in [3.8, 4) is 0 Å². The minimum atomic E-state index is -0.340. The Hall–Kier alpha value is -1.52. The van der Waals surface area contributed by atoms with Crippen molar-refractivity contribution in [1.82, 2.24) is 9.66 Å². The molecule has 5 heteroatoms. The molecular weight excluding hydrogens is 194 g/mol. The maximum absolute atomic E-state index is 11.6. The summed E-state index contributed by atoms with van der Waals surface area (Å²) in [5, 5.41) is 1.98. The molecule has 1 aromatic rings. The quantitative estimate of drug-likeness (QED) is 0.706. The monoisotopic (exact) mass is 209 g/mol. The van der Waals surface area contributed by atoms with E-state index in [0.717, 1.165) is 25.9 Å². The molecular formula is C10H15N3O2. The van der Waals surface area contributed by atoms with Gasteiger partial charge in [0.15, 0.2) is 0 Å². The predicted molar refractivity (Wildman–Crippen MR) is 57.9 cm³/mol. The van der Waals surface area contributed by atoms with E-state index in [0.29, 0.717) is 5.56 Å². The van der Waals surface area contributed by atoms with Gasteiger partial charge in [0.25, 0.3) is 5.56 Å². The Bertz CT molecular complexity index is 454. The lowest BCUT2D eigenvalue weighted by atomic mass is 10.2. The van der Waals surface area contributed by atoms with Crippen LogP contribution in [0.15, 0.2) is 15.8 Å². The van der Waals surface area contributed by atoms with Crippen LogP contribution in [0.25, 0.3) is 0 Å². The van der Waals surface area contributed by atoms with Crippen molar-refractivity contribution in [2.45, 2.75) is 26.2 Å². The molecule has 0 spiro atoms. The molecule has 1 aliphatic rings. The molecule has 0 aromatic carbocycles. The van der Waals surface area contributed by atoms with Crippen LogP contribution in [0.2, 0.25) is 0 Å². The summed E-state index contributed by atoms with van der Waals surface area (Å²) in [6, 6.07) is 0. The molecule has 0 radical (unpaired) electrons. The lowest BCUT2D eigenvalue weighted by molar-refractivity contribution is 0.462. The maximum Gasteiger partial charge on any atom is 0.347 e. The number of aryl methyl sites for hydroxylation is 1. The van der Waals surface area contributed by atoms with E-state index in [9.17, 15) is 9.59 Å². The highest BCUT2D eigenvalue weighted by Gasteiger charge is 2.12. The average Bonchev–Trinajstić information content (AvgIpc) is 2.25. The van der Waals surface area contributed by atoms with E-state index >= 15 is 0 Å². The van der Waals surface area contributed by atoms with Gasteiger partial charge in [-0.2, -0.15) is 0 Å². The zero-order valence-electron chi connectivity index (χ0n) is 8.82. The Balaban J connectivity index is 2.39. The first kappa shape index (κ1) is 10.0. The van der Waals surface area contributed by atoms with Gasteiger partial charge in [-0.25, -0.2) is 9.47 Å². The van der Waals surface area contributed by atoms with E-state index < -0.39 is 0 Å². The standard InChI is InChI=1S/C10H15N3O2/c1-8-7-13(10(15)11-9(8)14)12-5-3-2-4-6-12/h7H,2-6H2,1H3,(H,11,14,15). The minimum Gasteiger partial charge on any atom is -0.309 e. The highest BCUT2D eigenvalue weighted by molar-refractivity contribution is 5.04. The molecule has 0 saturated carbocycles. The highest BCUT2D eigenvalue weighted by Crippen LogP contribution is 2.06. The summed E-state index contributed by atoms with van der Waals surface area (Å²) in [4.78, 5) is 25.1. The first-order valence-corrected chi connectivity index (χ1v) is 5.26. The van der Waals surface area contributed by atoms with Crippen molar-refractivity contribution in [3.63, 3.8) is 0 Å². The zero-order valence-corrected chi connectivity index (χ0v) is 8.82. The molecule has 15 heavy (non-hydrogen) atoms. The second-order valence-electron chi connectivity index (χ2n) is 3.93. The molecule has 1 N–H and O–H groups in total. The van der Waals surface area contributed by atoms with Crippen LogP contribution in [0.1, 0.15) is 24.8 Å². The average molecular weight is 209 g/mol. The van der Waals surface area contributed by atoms with Gasteiger partial charge in [-0.3, -0.25) is 9.78 Å². The van der Waals surface area contributed by atoms with Gasteiger partial charge < -0.3 is 5.01 Å². The predicted octanol–water partition coefficient (Wildman–Crippen LogP) is -0.0331. The Morgan fingerprint density at radius 1 is 1.20 bits per heavy atom. The van der Waals surface area contributed by atoms with E-state index in [1.54, 1.807) is 13.1 Å². The number of nitrogens with one attached hydrogen (secondary N) is 1. The van der Waals surface area contributed by atoms with Crippen molar-refractivity contribution in [1.29, 1.82) is 0 Å². The molecule has 0 atom stereocenters. The molecule has 1 aromatic heterocycles. The van der Waals surface area contributed by atoms with E-state index in [2.05, 4.69) is 4.98 Å². The molecule has 0 aliphatic carbocycles. The molecule has 2 rings (SSSR count). The van der Waals surface area contributed by atoms with Crippen molar-refractivity contribution in [2.75, 3.05) is 18.1 Å². The van der Waals surface area contributed by atoms with Crippen LogP contribution in [0, 0.1) is 6.92 Å². The van der Waals surface area contributed by atoms with E-state index in [1.165, 1.54) is 11.1 Å². The zero-order chi connectivity index (χ0) is 10.8. The number of hydrogen-bond donors (Lipinski definition) is 1. The third-order valence-electron chi connectivity index (χ3n) is 2.74. The lowest BCUT2D eigenvalue weighted by Gasteiger charge is -2.29. The van der Waals surface area contributed by atoms with Crippen molar-refractivity contribution < 1.29 is 0 Å². The van der Waals surface area contributed by atoms with Crippen molar-refractivity contribution >= 4 is 0 Å². The fraction of sp³-hybridized carbons (Fsp3) is 0.600. The van der Waals surface area contributed by atoms with E-state index in [4.69, 9.17) is 0 Å². The molecule has 0 amide bonds. The third kappa shape index (κ3) is 1.95. The summed E-state index contributed by atoms with van der Waals surface area (Å²) in [5.41, 5.74) is -0.0686. The Morgan fingerprint density at radius 3 is 2.53 bits per heavy atom. The number of rotatable bonds is 1. The first-order chi connectivity index (χ1) is 7.18. The van der Waals surface area contributed by atoms with Gasteiger partial charge in [-0.05, 0) is 26.2 Å². The second kappa shape index (κ2) is 3.92. The fourth-order valence-corrected chi connectivity index (χ4v) is 1.86. The van der Waals surface area contributed by atoms with Gasteiger partial charge in [-0.15, -0.1) is 0 Å². The third-order valence-corrected chi connectivity index (χ3v) is 2.74. The Labute approximate surface area is 87.3 Å². The number of aromatic amines is 1. The molecule has 2 heterocycles. The molecule has 1 saturated heterocycles. The summed E-state index contributed by atoms with van der Waals surface area (Å²) < 4.78 is 1.52. The highest BCUT2D eigenvalue weighted by atomic mass is 16.2. The fourth-order valence-electron chi connectivity index (χ4n) is 1.86. The second-order valence-corrected chi connectivity index (χ2v) is 3.93. The number of hydrogen-bond acceptors (Lipinski definition) is 3. The number of piperidine rings is 1. The van der Waals surface area contributed by atoms with Gasteiger partial charge in [0.1, 0.15) is 0 Å². The number of aromatic nitrogens is 2. The van der Waals surface area contributed by atoms with Crippen molar-refractivity contribution in [2.24, 2.45) is 0 Å². The van der Waals surface area contributed by atoms with Gasteiger partial charge in [0, 0.05) is 24.8 Å². The van der Waals surface area contributed by atoms with Gasteiger partial charge in [-0.1, -0.05) is 0 Å². The summed E-state index contributed by atoms with van der Waals surface area (Å²) in [7, 11) is 0. The summed E-state index contributed by atoms with van der Waals surface area (Å²) in [6.45, 7) is 3.47. The van der Waals surface area contributed by atoms with Crippen LogP contribution in [-0.4, -0.2) is 22.7 Å².